The van der Waals surface area contributed by atoms with E-state index in [0.29, 0.717) is 11.3 Å². The zero-order valence-corrected chi connectivity index (χ0v) is 9.54. The van der Waals surface area contributed by atoms with Crippen molar-refractivity contribution in [3.05, 3.63) is 29.6 Å². The Morgan fingerprint density at radius 3 is 2.88 bits per heavy atom. The van der Waals surface area contributed by atoms with E-state index in [9.17, 15) is 14.0 Å². The number of rotatable bonds is 1. The molecule has 0 saturated carbocycles. The lowest BCUT2D eigenvalue weighted by Crippen LogP contribution is -2.46. The fourth-order valence-electron chi connectivity index (χ4n) is 1.94. The molecule has 4 nitrogen and oxygen atoms in total. The molecule has 1 aromatic rings. The third-order valence-electron chi connectivity index (χ3n) is 3.03. The van der Waals surface area contributed by atoms with E-state index in [1.165, 1.54) is 26.2 Å². The van der Waals surface area contributed by atoms with Gasteiger partial charge in [-0.2, -0.15) is 0 Å². The zero-order chi connectivity index (χ0) is 12.6. The first kappa shape index (κ1) is 11.6. The number of amides is 1. The quantitative estimate of drug-likeness (QED) is 0.595. The van der Waals surface area contributed by atoms with Gasteiger partial charge in [-0.25, -0.2) is 4.39 Å². The first-order valence-corrected chi connectivity index (χ1v) is 5.16. The van der Waals surface area contributed by atoms with Gasteiger partial charge in [-0.1, -0.05) is 6.07 Å². The predicted molar refractivity (Wildman–Crippen MR) is 58.9 cm³/mol. The molecule has 0 aliphatic carbocycles. The molecule has 1 aliphatic heterocycles. The van der Waals surface area contributed by atoms with Crippen LogP contribution in [0.3, 0.4) is 0 Å². The molecule has 0 aromatic heterocycles. The van der Waals surface area contributed by atoms with Crippen LogP contribution in [0.5, 0.6) is 0 Å². The number of benzene rings is 1. The van der Waals surface area contributed by atoms with Gasteiger partial charge in [0.25, 0.3) is 0 Å². The molecule has 1 N–H and O–H groups in total. The lowest BCUT2D eigenvalue weighted by Gasteiger charge is -2.31. The number of hydrogen-bond donors (Lipinski definition) is 1. The minimum Gasteiger partial charge on any atom is -0.468 e. The van der Waals surface area contributed by atoms with Gasteiger partial charge in [-0.15, -0.1) is 0 Å². The van der Waals surface area contributed by atoms with Gasteiger partial charge in [0, 0.05) is 17.7 Å². The van der Waals surface area contributed by atoms with E-state index in [0.717, 1.165) is 0 Å². The van der Waals surface area contributed by atoms with Gasteiger partial charge in [0.05, 0.1) is 7.11 Å². The van der Waals surface area contributed by atoms with E-state index < -0.39 is 23.1 Å². The van der Waals surface area contributed by atoms with E-state index in [2.05, 4.69) is 10.1 Å². The van der Waals surface area contributed by atoms with E-state index in [4.69, 9.17) is 0 Å². The number of esters is 1. The number of methoxy groups -OCH3 is 1. The van der Waals surface area contributed by atoms with Crippen LogP contribution in [0.25, 0.3) is 0 Å². The first-order chi connectivity index (χ1) is 7.99. The van der Waals surface area contributed by atoms with Crippen LogP contribution in [-0.4, -0.2) is 19.0 Å². The fraction of sp³-hybridized carbons (Fsp3) is 0.333. The van der Waals surface area contributed by atoms with Crippen molar-refractivity contribution in [2.75, 3.05) is 12.4 Å². The molecule has 1 heterocycles. The smallest absolute Gasteiger partial charge is 0.321 e. The number of fused-ring (bicyclic) bond motifs is 1. The van der Waals surface area contributed by atoms with Gasteiger partial charge >= 0.3 is 5.97 Å². The Balaban J connectivity index is 2.48. The predicted octanol–water partition coefficient (Wildman–Crippen LogP) is 1.50. The number of hydrogen-bond acceptors (Lipinski definition) is 3. The van der Waals surface area contributed by atoms with Gasteiger partial charge in [-0.05, 0) is 19.1 Å². The van der Waals surface area contributed by atoms with E-state index in [-0.39, 0.29) is 6.42 Å². The van der Waals surface area contributed by atoms with Gasteiger partial charge in [-0.3, -0.25) is 9.59 Å². The summed E-state index contributed by atoms with van der Waals surface area (Å²) in [7, 11) is 1.21. The topological polar surface area (TPSA) is 55.4 Å². The summed E-state index contributed by atoms with van der Waals surface area (Å²) in [6.45, 7) is 1.45. The third-order valence-corrected chi connectivity index (χ3v) is 3.03. The molecule has 1 aliphatic rings. The van der Waals surface area contributed by atoms with E-state index >= 15 is 0 Å². The molecule has 1 amide bonds. The minimum absolute atomic E-state index is 0.00745. The summed E-state index contributed by atoms with van der Waals surface area (Å²) in [6.07, 6.45) is 0.00745. The maximum Gasteiger partial charge on any atom is 0.321 e. The summed E-state index contributed by atoms with van der Waals surface area (Å²) in [5.41, 5.74) is -0.624. The summed E-state index contributed by atoms with van der Waals surface area (Å²) < 4.78 is 18.2. The average molecular weight is 237 g/mol. The molecule has 1 atom stereocenters. The number of nitrogens with one attached hydrogen (secondary N) is 1. The molecule has 5 heteroatoms. The van der Waals surface area contributed by atoms with Gasteiger partial charge in [0.2, 0.25) is 5.91 Å². The Morgan fingerprint density at radius 2 is 2.24 bits per heavy atom. The van der Waals surface area contributed by atoms with Crippen LogP contribution in [-0.2, 0) is 20.7 Å². The van der Waals surface area contributed by atoms with E-state index in [1.54, 1.807) is 6.07 Å². The molecule has 1 unspecified atom stereocenters. The van der Waals surface area contributed by atoms with Crippen molar-refractivity contribution in [2.24, 2.45) is 5.41 Å². The second-order valence-electron chi connectivity index (χ2n) is 4.22. The minimum atomic E-state index is -1.37. The normalized spacial score (nSPS) is 22.6. The van der Waals surface area contributed by atoms with E-state index in [1.807, 2.05) is 0 Å². The third kappa shape index (κ3) is 1.67. The lowest BCUT2D eigenvalue weighted by atomic mass is 9.79. The molecule has 0 radical (unpaired) electrons. The maximum atomic E-state index is 13.6. The Hall–Kier alpha value is -1.91. The zero-order valence-electron chi connectivity index (χ0n) is 9.54. The number of carbonyl (C=O) groups excluding carboxylic acids is 2. The second-order valence-corrected chi connectivity index (χ2v) is 4.22. The largest absolute Gasteiger partial charge is 0.468 e. The molecular formula is C12H12FNO3. The molecule has 0 fully saturated rings. The average Bonchev–Trinajstić information content (AvgIpc) is 2.31. The molecule has 0 bridgehead atoms. The Bertz CT molecular complexity index is 501. The highest BCUT2D eigenvalue weighted by molar-refractivity contribution is 6.10. The van der Waals surface area contributed by atoms with Crippen LogP contribution in [0.1, 0.15) is 12.5 Å². The van der Waals surface area contributed by atoms with Crippen LogP contribution >= 0.6 is 0 Å². The van der Waals surface area contributed by atoms with Crippen LogP contribution in [0.15, 0.2) is 18.2 Å². The van der Waals surface area contributed by atoms with Crippen molar-refractivity contribution in [3.63, 3.8) is 0 Å². The standard InChI is InChI=1S/C12H12FNO3/c1-12(11(16)17-2)6-7-8(13)4-3-5-9(7)14-10(12)15/h3-5H,6H2,1-2H3,(H,14,15). The number of anilines is 1. The Kier molecular flexibility index (Phi) is 2.61. The van der Waals surface area contributed by atoms with Crippen molar-refractivity contribution < 1.29 is 18.7 Å². The molecule has 17 heavy (non-hydrogen) atoms. The van der Waals surface area contributed by atoms with Gasteiger partial charge in [0.1, 0.15) is 11.2 Å². The van der Waals surface area contributed by atoms with Gasteiger partial charge < -0.3 is 10.1 Å². The van der Waals surface area contributed by atoms with Crippen molar-refractivity contribution in [2.45, 2.75) is 13.3 Å². The molecule has 90 valence electrons. The van der Waals surface area contributed by atoms with Crippen molar-refractivity contribution in [3.8, 4) is 0 Å². The molecule has 1 aromatic carbocycles. The van der Waals surface area contributed by atoms with Crippen LogP contribution in [0.2, 0.25) is 0 Å². The number of carbonyl (C=O) groups is 2. The SMILES string of the molecule is COC(=O)C1(C)Cc2c(F)cccc2NC1=O. The molecule has 0 saturated heterocycles. The Morgan fingerprint density at radius 1 is 1.53 bits per heavy atom. The monoisotopic (exact) mass is 237 g/mol. The summed E-state index contributed by atoms with van der Waals surface area (Å²) in [5, 5.41) is 2.53. The number of halogens is 1. The summed E-state index contributed by atoms with van der Waals surface area (Å²) in [5.74, 6) is -1.57. The van der Waals surface area contributed by atoms with Crippen LogP contribution in [0.4, 0.5) is 10.1 Å². The van der Waals surface area contributed by atoms with Gasteiger partial charge in [0.15, 0.2) is 0 Å². The van der Waals surface area contributed by atoms with Crippen molar-refractivity contribution in [1.82, 2.24) is 0 Å². The highest BCUT2D eigenvalue weighted by Crippen LogP contribution is 2.35. The molecule has 2 rings (SSSR count). The summed E-state index contributed by atoms with van der Waals surface area (Å²) in [6, 6.07) is 4.41. The van der Waals surface area contributed by atoms with Crippen LogP contribution in [0, 0.1) is 11.2 Å². The highest BCUT2D eigenvalue weighted by Gasteiger charge is 2.46. The summed E-state index contributed by atoms with van der Waals surface area (Å²) in [4.78, 5) is 23.5. The first-order valence-electron chi connectivity index (χ1n) is 5.16. The highest BCUT2D eigenvalue weighted by atomic mass is 19.1. The second kappa shape index (κ2) is 3.84. The lowest BCUT2D eigenvalue weighted by molar-refractivity contribution is -0.156. The molecular weight excluding hydrogens is 225 g/mol. The molecule has 0 spiro atoms. The number of ether oxygens (including phenoxy) is 1. The van der Waals surface area contributed by atoms with Crippen molar-refractivity contribution >= 4 is 17.6 Å². The Labute approximate surface area is 97.8 Å². The van der Waals surface area contributed by atoms with Crippen molar-refractivity contribution in [1.29, 1.82) is 0 Å². The van der Waals surface area contributed by atoms with Crippen LogP contribution < -0.4 is 5.32 Å². The summed E-state index contributed by atoms with van der Waals surface area (Å²) >= 11 is 0. The fourth-order valence-corrected chi connectivity index (χ4v) is 1.94. The maximum absolute atomic E-state index is 13.6.